The van der Waals surface area contributed by atoms with Gasteiger partial charge < -0.3 is 10.5 Å². The molecular formula is C17H14F3N3O. The summed E-state index contributed by atoms with van der Waals surface area (Å²) >= 11 is 0. The number of rotatable bonds is 4. The second-order valence-corrected chi connectivity index (χ2v) is 5.14. The second kappa shape index (κ2) is 6.35. The van der Waals surface area contributed by atoms with E-state index in [2.05, 4.69) is 9.97 Å². The van der Waals surface area contributed by atoms with Crippen LogP contribution >= 0.6 is 0 Å². The Hall–Kier alpha value is -2.83. The van der Waals surface area contributed by atoms with E-state index >= 15 is 0 Å². The average molecular weight is 333 g/mol. The molecule has 4 nitrogen and oxygen atoms in total. The van der Waals surface area contributed by atoms with E-state index in [1.54, 1.807) is 6.07 Å². The Morgan fingerprint density at radius 2 is 1.67 bits per heavy atom. The summed E-state index contributed by atoms with van der Waals surface area (Å²) < 4.78 is 44.2. The first-order valence-corrected chi connectivity index (χ1v) is 7.25. The van der Waals surface area contributed by atoms with Gasteiger partial charge in [-0.1, -0.05) is 30.3 Å². The summed E-state index contributed by atoms with van der Waals surface area (Å²) in [5.41, 5.74) is 6.21. The zero-order chi connectivity index (χ0) is 17.2. The highest BCUT2D eigenvalue weighted by atomic mass is 19.4. The Morgan fingerprint density at radius 1 is 0.958 bits per heavy atom. The molecule has 0 aliphatic carbocycles. The Kier molecular flexibility index (Phi) is 4.24. The molecule has 3 rings (SSSR count). The molecular weight excluding hydrogens is 319 g/mol. The average Bonchev–Trinajstić information content (AvgIpc) is 2.54. The molecule has 1 aromatic heterocycles. The van der Waals surface area contributed by atoms with E-state index < -0.39 is 11.7 Å². The number of anilines is 1. The van der Waals surface area contributed by atoms with Crippen molar-refractivity contribution >= 4 is 16.9 Å². The summed E-state index contributed by atoms with van der Waals surface area (Å²) in [6.45, 7) is 0.0491. The summed E-state index contributed by atoms with van der Waals surface area (Å²) in [6, 6.07) is 12.4. The topological polar surface area (TPSA) is 61.0 Å². The number of ether oxygens (including phenoxy) is 1. The van der Waals surface area contributed by atoms with E-state index in [4.69, 9.17) is 10.5 Å². The molecule has 0 aliphatic heterocycles. The highest BCUT2D eigenvalue weighted by molar-refractivity contribution is 5.81. The minimum atomic E-state index is -4.46. The molecule has 2 N–H and O–H groups in total. The lowest BCUT2D eigenvalue weighted by Crippen LogP contribution is -2.11. The van der Waals surface area contributed by atoms with Crippen molar-refractivity contribution in [3.8, 4) is 5.75 Å². The van der Waals surface area contributed by atoms with Crippen molar-refractivity contribution in [2.45, 2.75) is 12.6 Å². The highest BCUT2D eigenvalue weighted by Crippen LogP contribution is 2.35. The van der Waals surface area contributed by atoms with Crippen LogP contribution in [0.5, 0.6) is 5.75 Å². The van der Waals surface area contributed by atoms with Crippen molar-refractivity contribution in [2.75, 3.05) is 12.3 Å². The molecule has 0 radical (unpaired) electrons. The van der Waals surface area contributed by atoms with Crippen LogP contribution in [-0.2, 0) is 12.6 Å². The second-order valence-electron chi connectivity index (χ2n) is 5.14. The van der Waals surface area contributed by atoms with E-state index in [9.17, 15) is 13.2 Å². The van der Waals surface area contributed by atoms with Gasteiger partial charge in [0, 0.05) is 11.8 Å². The van der Waals surface area contributed by atoms with E-state index in [1.807, 2.05) is 18.2 Å². The molecule has 124 valence electrons. The smallest absolute Gasteiger partial charge is 0.419 e. The van der Waals surface area contributed by atoms with Gasteiger partial charge >= 0.3 is 6.18 Å². The third-order valence-electron chi connectivity index (χ3n) is 3.49. The molecule has 2 aromatic carbocycles. The molecule has 1 heterocycles. The number of hydrogen-bond donors (Lipinski definition) is 1. The first-order valence-electron chi connectivity index (χ1n) is 7.25. The maximum Gasteiger partial charge on any atom is 0.419 e. The maximum atomic E-state index is 12.9. The van der Waals surface area contributed by atoms with E-state index in [0.29, 0.717) is 17.6 Å². The minimum absolute atomic E-state index is 0.0491. The summed E-state index contributed by atoms with van der Waals surface area (Å²) in [7, 11) is 0. The van der Waals surface area contributed by atoms with Crippen molar-refractivity contribution in [3.05, 3.63) is 59.8 Å². The van der Waals surface area contributed by atoms with Gasteiger partial charge in [0.2, 0.25) is 5.95 Å². The van der Waals surface area contributed by atoms with Crippen LogP contribution in [0, 0.1) is 0 Å². The van der Waals surface area contributed by atoms with Crippen LogP contribution in [0.2, 0.25) is 0 Å². The molecule has 0 fully saturated rings. The lowest BCUT2D eigenvalue weighted by atomic mass is 10.1. The van der Waals surface area contributed by atoms with Crippen LogP contribution in [0.3, 0.4) is 0 Å². The largest absolute Gasteiger partial charge is 0.493 e. The number of nitrogens with zero attached hydrogens (tertiary/aromatic N) is 2. The van der Waals surface area contributed by atoms with Gasteiger partial charge in [0.05, 0.1) is 23.4 Å². The van der Waals surface area contributed by atoms with E-state index in [-0.39, 0.29) is 18.3 Å². The lowest BCUT2D eigenvalue weighted by molar-refractivity contribution is -0.138. The summed E-state index contributed by atoms with van der Waals surface area (Å²) in [5.74, 6) is -0.0734. The minimum Gasteiger partial charge on any atom is -0.493 e. The quantitative estimate of drug-likeness (QED) is 0.788. The summed E-state index contributed by atoms with van der Waals surface area (Å²) in [5, 5.41) is 0.805. The van der Waals surface area contributed by atoms with E-state index in [0.717, 1.165) is 11.5 Å². The van der Waals surface area contributed by atoms with Crippen LogP contribution in [0.4, 0.5) is 19.1 Å². The number of nitrogens with two attached hydrogens (primary N) is 1. The van der Waals surface area contributed by atoms with Gasteiger partial charge in [-0.3, -0.25) is 0 Å². The van der Waals surface area contributed by atoms with E-state index in [1.165, 1.54) is 18.2 Å². The highest BCUT2D eigenvalue weighted by Gasteiger charge is 2.33. The van der Waals surface area contributed by atoms with Crippen LogP contribution in [0.15, 0.2) is 48.5 Å². The third-order valence-corrected chi connectivity index (χ3v) is 3.49. The molecule has 0 spiro atoms. The maximum absolute atomic E-state index is 12.9. The number of hydrogen-bond acceptors (Lipinski definition) is 4. The van der Waals surface area contributed by atoms with Gasteiger partial charge in [0.15, 0.2) is 0 Å². The molecule has 0 saturated carbocycles. The molecule has 24 heavy (non-hydrogen) atoms. The van der Waals surface area contributed by atoms with Crippen molar-refractivity contribution in [1.82, 2.24) is 9.97 Å². The Morgan fingerprint density at radius 3 is 2.46 bits per heavy atom. The first kappa shape index (κ1) is 16.0. The number of fused-ring (bicyclic) bond motifs is 1. The molecule has 0 unspecified atom stereocenters. The molecule has 0 aliphatic rings. The third kappa shape index (κ3) is 3.40. The molecule has 0 atom stereocenters. The molecule has 0 bridgehead atoms. The van der Waals surface area contributed by atoms with Crippen LogP contribution < -0.4 is 10.5 Å². The molecule has 0 saturated heterocycles. The van der Waals surface area contributed by atoms with Crippen molar-refractivity contribution in [2.24, 2.45) is 0 Å². The fourth-order valence-corrected chi connectivity index (χ4v) is 2.44. The van der Waals surface area contributed by atoms with Gasteiger partial charge in [0.1, 0.15) is 5.75 Å². The van der Waals surface area contributed by atoms with Gasteiger partial charge in [0.25, 0.3) is 0 Å². The standard InChI is InChI=1S/C17H14F3N3O/c18-17(19,20)12-6-2-4-8-15(12)24-10-9-14-11-5-1-3-7-13(11)22-16(21)23-14/h1-8H,9-10H2,(H2,21,22,23). The van der Waals surface area contributed by atoms with Gasteiger partial charge in [-0.25, -0.2) is 9.97 Å². The predicted octanol–water partition coefficient (Wildman–Crippen LogP) is 3.85. The van der Waals surface area contributed by atoms with Crippen LogP contribution in [-0.4, -0.2) is 16.6 Å². The SMILES string of the molecule is Nc1nc(CCOc2ccccc2C(F)(F)F)c2ccccc2n1. The first-order chi connectivity index (χ1) is 11.4. The Bertz CT molecular complexity index is 865. The number of alkyl halides is 3. The number of benzene rings is 2. The van der Waals surface area contributed by atoms with Crippen molar-refractivity contribution in [1.29, 1.82) is 0 Å². The van der Waals surface area contributed by atoms with Gasteiger partial charge in [-0.05, 0) is 18.2 Å². The fourth-order valence-electron chi connectivity index (χ4n) is 2.44. The molecule has 0 amide bonds. The normalized spacial score (nSPS) is 11.6. The van der Waals surface area contributed by atoms with Crippen molar-refractivity contribution < 1.29 is 17.9 Å². The number of halogens is 3. The van der Waals surface area contributed by atoms with Gasteiger partial charge in [-0.15, -0.1) is 0 Å². The lowest BCUT2D eigenvalue weighted by Gasteiger charge is -2.14. The summed E-state index contributed by atoms with van der Waals surface area (Å²) in [6.07, 6.45) is -4.14. The van der Waals surface area contributed by atoms with Gasteiger partial charge in [-0.2, -0.15) is 13.2 Å². The fraction of sp³-hybridized carbons (Fsp3) is 0.176. The zero-order valence-corrected chi connectivity index (χ0v) is 12.5. The monoisotopic (exact) mass is 333 g/mol. The summed E-state index contributed by atoms with van der Waals surface area (Å²) in [4.78, 5) is 8.29. The number of para-hydroxylation sites is 2. The van der Waals surface area contributed by atoms with Crippen LogP contribution in [0.25, 0.3) is 10.9 Å². The zero-order valence-electron chi connectivity index (χ0n) is 12.5. The molecule has 3 aromatic rings. The van der Waals surface area contributed by atoms with Crippen molar-refractivity contribution in [3.63, 3.8) is 0 Å². The number of nitrogen functional groups attached to an aromatic ring is 1. The molecule has 7 heteroatoms. The Labute approximate surface area is 136 Å². The predicted molar refractivity (Wildman–Crippen MR) is 84.6 cm³/mol. The Balaban J connectivity index is 1.79. The number of aromatic nitrogens is 2. The van der Waals surface area contributed by atoms with Crippen LogP contribution in [0.1, 0.15) is 11.3 Å².